The third-order valence-electron chi connectivity index (χ3n) is 3.12. The summed E-state index contributed by atoms with van der Waals surface area (Å²) in [5, 5.41) is 21.1. The van der Waals surface area contributed by atoms with Crippen LogP contribution in [0.15, 0.2) is 24.3 Å². The molecule has 0 aromatic heterocycles. The highest BCUT2D eigenvalue weighted by Crippen LogP contribution is 2.32. The molecule has 1 aliphatic rings. The Morgan fingerprint density at radius 1 is 1.24 bits per heavy atom. The first-order chi connectivity index (χ1) is 8.05. The maximum atomic E-state index is 11.8. The van der Waals surface area contributed by atoms with Gasteiger partial charge < -0.3 is 15.5 Å². The van der Waals surface area contributed by atoms with Gasteiger partial charge >= 0.3 is 5.97 Å². The van der Waals surface area contributed by atoms with Crippen LogP contribution in [0.5, 0.6) is 5.75 Å². The molecule has 0 spiro atoms. The van der Waals surface area contributed by atoms with Gasteiger partial charge in [0.05, 0.1) is 5.56 Å². The van der Waals surface area contributed by atoms with Crippen molar-refractivity contribution in [1.82, 2.24) is 5.32 Å². The first-order valence-electron chi connectivity index (χ1n) is 5.39. The van der Waals surface area contributed by atoms with Crippen molar-refractivity contribution in [3.05, 3.63) is 29.8 Å². The molecule has 1 aromatic carbocycles. The zero-order valence-electron chi connectivity index (χ0n) is 9.14. The Bertz CT molecular complexity index is 465. The summed E-state index contributed by atoms with van der Waals surface area (Å²) in [4.78, 5) is 22.9. The van der Waals surface area contributed by atoms with Crippen LogP contribution in [0.2, 0.25) is 0 Å². The van der Waals surface area contributed by atoms with Crippen LogP contribution in [0.3, 0.4) is 0 Å². The van der Waals surface area contributed by atoms with Gasteiger partial charge in [0, 0.05) is 0 Å². The summed E-state index contributed by atoms with van der Waals surface area (Å²) in [6.07, 6.45) is 1.65. The van der Waals surface area contributed by atoms with Gasteiger partial charge in [0.2, 0.25) is 0 Å². The number of benzene rings is 1. The molecule has 0 heterocycles. The fourth-order valence-electron chi connectivity index (χ4n) is 1.87. The molecule has 1 amide bonds. The number of hydrogen-bond donors (Lipinski definition) is 3. The lowest BCUT2D eigenvalue weighted by atomic mass is 9.76. The summed E-state index contributed by atoms with van der Waals surface area (Å²) in [5.74, 6) is -1.72. The van der Waals surface area contributed by atoms with Gasteiger partial charge in [0.25, 0.3) is 5.91 Å². The molecule has 1 aromatic rings. The van der Waals surface area contributed by atoms with E-state index in [1.807, 2.05) is 0 Å². The van der Waals surface area contributed by atoms with E-state index in [1.54, 1.807) is 12.1 Å². The minimum atomic E-state index is -1.15. The number of hydrogen-bond acceptors (Lipinski definition) is 3. The van der Waals surface area contributed by atoms with Crippen molar-refractivity contribution in [2.45, 2.75) is 24.8 Å². The minimum Gasteiger partial charge on any atom is -0.507 e. The van der Waals surface area contributed by atoms with E-state index in [0.717, 1.165) is 6.42 Å². The number of aliphatic carboxylic acids is 1. The van der Waals surface area contributed by atoms with Gasteiger partial charge in [0.15, 0.2) is 0 Å². The zero-order chi connectivity index (χ0) is 12.5. The summed E-state index contributed by atoms with van der Waals surface area (Å²) < 4.78 is 0. The maximum absolute atomic E-state index is 11.8. The molecule has 0 radical (unpaired) electrons. The van der Waals surface area contributed by atoms with Crippen LogP contribution in [-0.4, -0.2) is 27.6 Å². The number of carbonyl (C=O) groups excluding carboxylic acids is 1. The quantitative estimate of drug-likeness (QED) is 0.733. The van der Waals surface area contributed by atoms with Gasteiger partial charge in [-0.1, -0.05) is 12.1 Å². The number of nitrogens with one attached hydrogen (secondary N) is 1. The number of para-hydroxylation sites is 1. The number of phenols is 1. The molecule has 0 aliphatic heterocycles. The van der Waals surface area contributed by atoms with Crippen LogP contribution in [-0.2, 0) is 4.79 Å². The van der Waals surface area contributed by atoms with E-state index in [1.165, 1.54) is 12.1 Å². The molecule has 0 saturated heterocycles. The highest BCUT2D eigenvalue weighted by atomic mass is 16.4. The molecule has 5 nitrogen and oxygen atoms in total. The van der Waals surface area contributed by atoms with Crippen LogP contribution in [0.1, 0.15) is 29.6 Å². The fraction of sp³-hybridized carbons (Fsp3) is 0.333. The number of phenolic OH excluding ortho intramolecular Hbond substituents is 1. The second-order valence-corrected chi connectivity index (χ2v) is 4.21. The summed E-state index contributed by atoms with van der Waals surface area (Å²) in [6.45, 7) is 0. The highest BCUT2D eigenvalue weighted by Gasteiger charge is 2.45. The van der Waals surface area contributed by atoms with E-state index in [0.29, 0.717) is 12.8 Å². The molecular formula is C12H13NO4. The van der Waals surface area contributed by atoms with E-state index < -0.39 is 17.4 Å². The van der Waals surface area contributed by atoms with E-state index in [-0.39, 0.29) is 11.3 Å². The highest BCUT2D eigenvalue weighted by molar-refractivity contribution is 6.00. The molecule has 1 aliphatic carbocycles. The Morgan fingerprint density at radius 2 is 1.88 bits per heavy atom. The third-order valence-corrected chi connectivity index (χ3v) is 3.12. The zero-order valence-corrected chi connectivity index (χ0v) is 9.14. The summed E-state index contributed by atoms with van der Waals surface area (Å²) >= 11 is 0. The number of carbonyl (C=O) groups is 2. The van der Waals surface area contributed by atoms with Crippen molar-refractivity contribution in [1.29, 1.82) is 0 Å². The number of aromatic hydroxyl groups is 1. The monoisotopic (exact) mass is 235 g/mol. The first kappa shape index (κ1) is 11.4. The molecule has 0 atom stereocenters. The molecule has 17 heavy (non-hydrogen) atoms. The average Bonchev–Trinajstić information content (AvgIpc) is 2.23. The Kier molecular flexibility index (Phi) is 2.75. The molecule has 0 unspecified atom stereocenters. The van der Waals surface area contributed by atoms with Gasteiger partial charge in [-0.15, -0.1) is 0 Å². The molecule has 1 fully saturated rings. The predicted molar refractivity (Wildman–Crippen MR) is 59.8 cm³/mol. The van der Waals surface area contributed by atoms with Crippen molar-refractivity contribution >= 4 is 11.9 Å². The van der Waals surface area contributed by atoms with Crippen LogP contribution < -0.4 is 5.32 Å². The summed E-state index contributed by atoms with van der Waals surface area (Å²) in [5.41, 5.74) is -1.06. The van der Waals surface area contributed by atoms with E-state index in [2.05, 4.69) is 5.32 Å². The summed E-state index contributed by atoms with van der Waals surface area (Å²) in [6, 6.07) is 6.06. The summed E-state index contributed by atoms with van der Waals surface area (Å²) in [7, 11) is 0. The molecule has 1 saturated carbocycles. The SMILES string of the molecule is O=C(NC1(C(=O)O)CCC1)c1ccccc1O. The average molecular weight is 235 g/mol. The fourth-order valence-corrected chi connectivity index (χ4v) is 1.87. The van der Waals surface area contributed by atoms with Crippen molar-refractivity contribution in [3.8, 4) is 5.75 Å². The van der Waals surface area contributed by atoms with Crippen molar-refractivity contribution in [3.63, 3.8) is 0 Å². The van der Waals surface area contributed by atoms with Gasteiger partial charge in [-0.05, 0) is 31.4 Å². The van der Waals surface area contributed by atoms with Gasteiger partial charge in [-0.3, -0.25) is 4.79 Å². The van der Waals surface area contributed by atoms with Crippen molar-refractivity contribution in [2.75, 3.05) is 0 Å². The number of carboxylic acids is 1. The molecule has 5 heteroatoms. The normalized spacial score (nSPS) is 16.9. The Hall–Kier alpha value is -2.04. The number of amides is 1. The minimum absolute atomic E-state index is 0.0972. The second kappa shape index (κ2) is 4.08. The molecule has 3 N–H and O–H groups in total. The lowest BCUT2D eigenvalue weighted by molar-refractivity contribution is -0.148. The lowest BCUT2D eigenvalue weighted by Crippen LogP contribution is -2.59. The Balaban J connectivity index is 2.17. The number of carboxylic acid groups (broad SMARTS) is 1. The first-order valence-corrected chi connectivity index (χ1v) is 5.39. The van der Waals surface area contributed by atoms with Crippen molar-refractivity contribution in [2.24, 2.45) is 0 Å². The number of rotatable bonds is 3. The third kappa shape index (κ3) is 1.95. The van der Waals surface area contributed by atoms with E-state index in [9.17, 15) is 14.7 Å². The van der Waals surface area contributed by atoms with Crippen LogP contribution in [0, 0.1) is 0 Å². The Morgan fingerprint density at radius 3 is 2.35 bits per heavy atom. The van der Waals surface area contributed by atoms with Crippen LogP contribution in [0.25, 0.3) is 0 Å². The van der Waals surface area contributed by atoms with Crippen LogP contribution in [0.4, 0.5) is 0 Å². The van der Waals surface area contributed by atoms with Gasteiger partial charge in [-0.25, -0.2) is 4.79 Å². The Labute approximate surface area is 98.1 Å². The van der Waals surface area contributed by atoms with Crippen molar-refractivity contribution < 1.29 is 19.8 Å². The molecule has 90 valence electrons. The smallest absolute Gasteiger partial charge is 0.329 e. The van der Waals surface area contributed by atoms with Gasteiger partial charge in [0.1, 0.15) is 11.3 Å². The van der Waals surface area contributed by atoms with Gasteiger partial charge in [-0.2, -0.15) is 0 Å². The standard InChI is InChI=1S/C12H13NO4/c14-9-5-2-1-4-8(9)10(15)13-12(11(16)17)6-3-7-12/h1-2,4-5,14H,3,6-7H2,(H,13,15)(H,16,17). The van der Waals surface area contributed by atoms with Crippen LogP contribution >= 0.6 is 0 Å². The lowest BCUT2D eigenvalue weighted by Gasteiger charge is -2.38. The van der Waals surface area contributed by atoms with E-state index >= 15 is 0 Å². The molecular weight excluding hydrogens is 222 g/mol. The largest absolute Gasteiger partial charge is 0.507 e. The molecule has 2 rings (SSSR count). The topological polar surface area (TPSA) is 86.6 Å². The predicted octanol–water partition coefficient (Wildman–Crippen LogP) is 1.13. The van der Waals surface area contributed by atoms with E-state index in [4.69, 9.17) is 5.11 Å². The molecule has 0 bridgehead atoms. The maximum Gasteiger partial charge on any atom is 0.329 e. The second-order valence-electron chi connectivity index (χ2n) is 4.21.